The van der Waals surface area contributed by atoms with Crippen molar-refractivity contribution in [1.82, 2.24) is 0 Å². The van der Waals surface area contributed by atoms with Gasteiger partial charge in [0.25, 0.3) is 0 Å². The lowest BCUT2D eigenvalue weighted by Gasteiger charge is -2.01. The van der Waals surface area contributed by atoms with Crippen LogP contribution < -0.4 is 0 Å². The molecule has 1 aromatic rings. The van der Waals surface area contributed by atoms with Crippen LogP contribution >= 0.6 is 0 Å². The Hall–Kier alpha value is -2.62. The van der Waals surface area contributed by atoms with Gasteiger partial charge in [-0.15, -0.1) is 0 Å². The van der Waals surface area contributed by atoms with Crippen LogP contribution in [0.25, 0.3) is 5.57 Å². The first-order chi connectivity index (χ1) is 12.3. The Labute approximate surface area is 158 Å². The lowest BCUT2D eigenvalue weighted by molar-refractivity contribution is -0.139. The van der Waals surface area contributed by atoms with Crippen LogP contribution in [-0.2, 0) is 19.1 Å². The lowest BCUT2D eigenvalue weighted by Crippen LogP contribution is -2.05. The molecule has 0 fully saturated rings. The van der Waals surface area contributed by atoms with E-state index in [9.17, 15) is 9.59 Å². The van der Waals surface area contributed by atoms with Crippen LogP contribution in [0.2, 0.25) is 0 Å². The normalized spacial score (nSPS) is 8.62. The van der Waals surface area contributed by atoms with Crippen LogP contribution in [0, 0.1) is 0 Å². The van der Waals surface area contributed by atoms with Crippen molar-refractivity contribution in [1.29, 1.82) is 0 Å². The minimum Gasteiger partial charge on any atom is -0.463 e. The van der Waals surface area contributed by atoms with Crippen LogP contribution in [0.15, 0.2) is 61.7 Å². The van der Waals surface area contributed by atoms with Crippen molar-refractivity contribution in [2.45, 2.75) is 40.5 Å². The standard InChI is InChI=1S/C9H10.C8H14O2.C5H8O2/c1-8(2)9-6-4-3-5-7-9;1-4-5-6-10-8(9)7(2)3;1-3-5(6)7-4-2/h3-7H,1H2,2H3;2,4-6H2,1,3H3;3H,1,4H2,2H3. The summed E-state index contributed by atoms with van der Waals surface area (Å²) < 4.78 is 9.24. The van der Waals surface area contributed by atoms with Crippen molar-refractivity contribution in [3.63, 3.8) is 0 Å². The van der Waals surface area contributed by atoms with Crippen molar-refractivity contribution in [3.05, 3.63) is 67.3 Å². The Morgan fingerprint density at radius 1 is 1.04 bits per heavy atom. The quantitative estimate of drug-likeness (QED) is 0.373. The Morgan fingerprint density at radius 2 is 1.62 bits per heavy atom. The maximum absolute atomic E-state index is 10.7. The molecule has 0 amide bonds. The van der Waals surface area contributed by atoms with Crippen LogP contribution in [0.5, 0.6) is 0 Å². The largest absolute Gasteiger partial charge is 0.463 e. The number of esters is 2. The van der Waals surface area contributed by atoms with E-state index in [1.54, 1.807) is 13.8 Å². The second-order valence-corrected chi connectivity index (χ2v) is 5.37. The third-order valence-electron chi connectivity index (χ3n) is 2.80. The summed E-state index contributed by atoms with van der Waals surface area (Å²) in [5.41, 5.74) is 2.81. The van der Waals surface area contributed by atoms with E-state index in [0.717, 1.165) is 24.5 Å². The summed E-state index contributed by atoms with van der Waals surface area (Å²) in [7, 11) is 0. The van der Waals surface area contributed by atoms with E-state index in [1.165, 1.54) is 5.56 Å². The molecule has 0 aliphatic heterocycles. The second kappa shape index (κ2) is 17.2. The van der Waals surface area contributed by atoms with Gasteiger partial charge < -0.3 is 9.47 Å². The molecule has 0 aliphatic carbocycles. The molecule has 1 rings (SSSR count). The fourth-order valence-electron chi connectivity index (χ4n) is 1.36. The summed E-state index contributed by atoms with van der Waals surface area (Å²) in [5.74, 6) is -0.643. The van der Waals surface area contributed by atoms with E-state index in [-0.39, 0.29) is 11.9 Å². The summed E-state index contributed by atoms with van der Waals surface area (Å²) in [6.45, 7) is 18.9. The minimum atomic E-state index is -0.359. The number of rotatable bonds is 7. The van der Waals surface area contributed by atoms with Gasteiger partial charge >= 0.3 is 11.9 Å². The Morgan fingerprint density at radius 3 is 1.92 bits per heavy atom. The van der Waals surface area contributed by atoms with Gasteiger partial charge in [0.1, 0.15) is 0 Å². The number of carbonyl (C=O) groups excluding carboxylic acids is 2. The molecule has 0 saturated heterocycles. The molecule has 4 nitrogen and oxygen atoms in total. The molecule has 0 N–H and O–H groups in total. The summed E-state index contributed by atoms with van der Waals surface area (Å²) in [4.78, 5) is 20.8. The van der Waals surface area contributed by atoms with Crippen molar-refractivity contribution >= 4 is 17.5 Å². The molecule has 0 heterocycles. The first-order valence-electron chi connectivity index (χ1n) is 8.62. The monoisotopic (exact) mass is 360 g/mol. The van der Waals surface area contributed by atoms with Crippen LogP contribution in [0.3, 0.4) is 0 Å². The molecule has 0 spiro atoms. The highest BCUT2D eigenvalue weighted by Gasteiger charge is 2.00. The fourth-order valence-corrected chi connectivity index (χ4v) is 1.36. The molecular weight excluding hydrogens is 328 g/mol. The number of hydrogen-bond donors (Lipinski definition) is 0. The van der Waals surface area contributed by atoms with Crippen molar-refractivity contribution in [2.24, 2.45) is 0 Å². The second-order valence-electron chi connectivity index (χ2n) is 5.37. The zero-order chi connectivity index (χ0) is 20.4. The summed E-state index contributed by atoms with van der Waals surface area (Å²) >= 11 is 0. The predicted molar refractivity (Wildman–Crippen MR) is 109 cm³/mol. The fraction of sp³-hybridized carbons (Fsp3) is 0.364. The van der Waals surface area contributed by atoms with Crippen molar-refractivity contribution in [3.8, 4) is 0 Å². The highest BCUT2D eigenvalue weighted by molar-refractivity contribution is 5.86. The zero-order valence-electron chi connectivity index (χ0n) is 16.5. The topological polar surface area (TPSA) is 52.6 Å². The van der Waals surface area contributed by atoms with Crippen molar-refractivity contribution in [2.75, 3.05) is 13.2 Å². The third-order valence-corrected chi connectivity index (χ3v) is 2.80. The minimum absolute atomic E-state index is 0.284. The van der Waals surface area contributed by atoms with E-state index in [2.05, 4.69) is 43.5 Å². The average Bonchev–Trinajstić information content (AvgIpc) is 2.63. The van der Waals surface area contributed by atoms with Gasteiger partial charge in [-0.05, 0) is 32.8 Å². The molecular formula is C22H32O4. The highest BCUT2D eigenvalue weighted by Crippen LogP contribution is 2.08. The molecule has 26 heavy (non-hydrogen) atoms. The van der Waals surface area contributed by atoms with E-state index in [1.807, 2.05) is 25.1 Å². The molecule has 0 aromatic heterocycles. The van der Waals surface area contributed by atoms with Crippen LogP contribution in [-0.4, -0.2) is 25.2 Å². The van der Waals surface area contributed by atoms with Crippen molar-refractivity contribution < 1.29 is 19.1 Å². The summed E-state index contributed by atoms with van der Waals surface area (Å²) in [5, 5.41) is 0. The van der Waals surface area contributed by atoms with Gasteiger partial charge in [0.15, 0.2) is 0 Å². The number of unbranched alkanes of at least 4 members (excludes halogenated alkanes) is 1. The zero-order valence-corrected chi connectivity index (χ0v) is 16.5. The number of hydrogen-bond acceptors (Lipinski definition) is 4. The van der Waals surface area contributed by atoms with Gasteiger partial charge in [-0.2, -0.15) is 0 Å². The van der Waals surface area contributed by atoms with Gasteiger partial charge in [-0.1, -0.05) is 69.0 Å². The summed E-state index contributed by atoms with van der Waals surface area (Å²) in [6, 6.07) is 10.2. The third kappa shape index (κ3) is 16.2. The Bertz CT molecular complexity index is 559. The maximum atomic E-state index is 10.7. The molecule has 0 radical (unpaired) electrons. The number of carbonyl (C=O) groups is 2. The van der Waals surface area contributed by atoms with Crippen LogP contribution in [0.1, 0.15) is 46.1 Å². The van der Waals surface area contributed by atoms with E-state index in [4.69, 9.17) is 4.74 Å². The molecule has 1 aromatic carbocycles. The number of ether oxygens (including phenoxy) is 2. The van der Waals surface area contributed by atoms with Gasteiger partial charge in [0.2, 0.25) is 0 Å². The molecule has 144 valence electrons. The van der Waals surface area contributed by atoms with E-state index >= 15 is 0 Å². The SMILES string of the molecule is C=C(C)C(=O)OCCCC.C=C(C)c1ccccc1.C=CC(=O)OCC. The maximum Gasteiger partial charge on any atom is 0.333 e. The van der Waals surface area contributed by atoms with Gasteiger partial charge in [0, 0.05) is 11.6 Å². The molecule has 0 saturated carbocycles. The lowest BCUT2D eigenvalue weighted by atomic mass is 10.1. The van der Waals surface area contributed by atoms with Gasteiger partial charge in [-0.3, -0.25) is 0 Å². The van der Waals surface area contributed by atoms with Gasteiger partial charge in [0.05, 0.1) is 13.2 Å². The van der Waals surface area contributed by atoms with Crippen LogP contribution in [0.4, 0.5) is 0 Å². The Balaban J connectivity index is 0. The first-order valence-corrected chi connectivity index (χ1v) is 8.62. The summed E-state index contributed by atoms with van der Waals surface area (Å²) in [6.07, 6.45) is 3.12. The smallest absolute Gasteiger partial charge is 0.333 e. The molecule has 0 atom stereocenters. The average molecular weight is 360 g/mol. The number of allylic oxidation sites excluding steroid dienone is 1. The molecule has 0 aliphatic rings. The Kier molecular flexibility index (Phi) is 17.0. The molecule has 4 heteroatoms. The number of benzene rings is 1. The predicted octanol–water partition coefficient (Wildman–Crippen LogP) is 5.36. The first kappa shape index (κ1) is 25.6. The van der Waals surface area contributed by atoms with Gasteiger partial charge in [-0.25, -0.2) is 9.59 Å². The van der Waals surface area contributed by atoms with E-state index < -0.39 is 0 Å². The molecule has 0 unspecified atom stereocenters. The highest BCUT2D eigenvalue weighted by atomic mass is 16.5. The van der Waals surface area contributed by atoms with E-state index in [0.29, 0.717) is 18.8 Å². The molecule has 0 bridgehead atoms.